The molecule has 0 saturated carbocycles. The third-order valence-electron chi connectivity index (χ3n) is 2.20. The maximum absolute atomic E-state index is 9.72. The summed E-state index contributed by atoms with van der Waals surface area (Å²) < 4.78 is 0.506. The number of rotatable bonds is 0. The molecule has 2 nitrogen and oxygen atoms in total. The number of benzene rings is 2. The van der Waals surface area contributed by atoms with Crippen LogP contribution >= 0.6 is 15.9 Å². The van der Waals surface area contributed by atoms with Gasteiger partial charge in [-0.2, -0.15) is 0 Å². The highest BCUT2D eigenvalue weighted by atomic mass is 79.9. The minimum absolute atomic E-state index is 0.165. The fourth-order valence-corrected chi connectivity index (χ4v) is 1.90. The molecular weight excluding hydrogens is 244 g/mol. The van der Waals surface area contributed by atoms with Crippen LogP contribution < -0.4 is 0 Å². The Morgan fingerprint density at radius 1 is 1.07 bits per heavy atom. The van der Waals surface area contributed by atoms with Gasteiger partial charge in [-0.3, -0.25) is 0 Å². The van der Waals surface area contributed by atoms with Gasteiger partial charge in [0.05, 0.1) is 4.47 Å². The molecule has 2 N–H and O–H groups in total. The molecule has 0 aliphatic carbocycles. The molecule has 0 saturated heterocycles. The summed E-state index contributed by atoms with van der Waals surface area (Å²) in [6.45, 7) is 1.94. The topological polar surface area (TPSA) is 40.5 Å². The Morgan fingerprint density at radius 3 is 2.50 bits per heavy atom. The summed E-state index contributed by atoms with van der Waals surface area (Å²) in [6, 6.07) is 7.03. The van der Waals surface area contributed by atoms with Gasteiger partial charge >= 0.3 is 0 Å². The van der Waals surface area contributed by atoms with Crippen LogP contribution in [0.4, 0.5) is 0 Å². The van der Waals surface area contributed by atoms with E-state index in [9.17, 15) is 10.2 Å². The molecule has 0 atom stereocenters. The van der Waals surface area contributed by atoms with Crippen LogP contribution in [-0.2, 0) is 0 Å². The van der Waals surface area contributed by atoms with Gasteiger partial charge in [0.2, 0.25) is 0 Å². The monoisotopic (exact) mass is 252 g/mol. The van der Waals surface area contributed by atoms with Crippen LogP contribution in [-0.4, -0.2) is 10.2 Å². The number of phenolic OH excluding ortho intramolecular Hbond substituents is 2. The summed E-state index contributed by atoms with van der Waals surface area (Å²) in [5.74, 6) is 0.339. The zero-order chi connectivity index (χ0) is 10.3. The van der Waals surface area contributed by atoms with Gasteiger partial charge < -0.3 is 10.2 Å². The number of hydrogen-bond donors (Lipinski definition) is 2. The highest BCUT2D eigenvalue weighted by molar-refractivity contribution is 9.10. The number of halogens is 1. The second-order valence-corrected chi connectivity index (χ2v) is 4.13. The normalized spacial score (nSPS) is 10.7. The number of phenols is 2. The van der Waals surface area contributed by atoms with Crippen LogP contribution in [0.3, 0.4) is 0 Å². The first kappa shape index (κ1) is 9.34. The van der Waals surface area contributed by atoms with Crippen molar-refractivity contribution < 1.29 is 10.2 Å². The Balaban J connectivity index is 2.94. The second-order valence-electron chi connectivity index (χ2n) is 3.28. The molecule has 0 aliphatic heterocycles. The summed E-state index contributed by atoms with van der Waals surface area (Å²) >= 11 is 3.18. The third-order valence-corrected chi connectivity index (χ3v) is 2.80. The molecule has 0 aromatic heterocycles. The predicted molar refractivity (Wildman–Crippen MR) is 59.7 cm³/mol. The molecule has 2 aromatic rings. The quantitative estimate of drug-likeness (QED) is 0.707. The predicted octanol–water partition coefficient (Wildman–Crippen LogP) is 3.32. The van der Waals surface area contributed by atoms with Crippen LogP contribution in [0.1, 0.15) is 5.56 Å². The molecule has 3 heteroatoms. The Labute approximate surface area is 89.9 Å². The van der Waals surface area contributed by atoms with Gasteiger partial charge in [-0.25, -0.2) is 0 Å². The molecule has 0 unspecified atom stereocenters. The van der Waals surface area contributed by atoms with Gasteiger partial charge in [0.25, 0.3) is 0 Å². The molecule has 0 bridgehead atoms. The van der Waals surface area contributed by atoms with Crippen molar-refractivity contribution in [3.05, 3.63) is 34.3 Å². The number of hydrogen-bond acceptors (Lipinski definition) is 2. The molecule has 72 valence electrons. The lowest BCUT2D eigenvalue weighted by Gasteiger charge is -2.06. The summed E-state index contributed by atoms with van der Waals surface area (Å²) in [4.78, 5) is 0. The summed E-state index contributed by atoms with van der Waals surface area (Å²) in [7, 11) is 0. The Hall–Kier alpha value is -1.22. The van der Waals surface area contributed by atoms with Crippen molar-refractivity contribution >= 4 is 26.7 Å². The van der Waals surface area contributed by atoms with Crippen molar-refractivity contribution in [3.8, 4) is 11.5 Å². The fourth-order valence-electron chi connectivity index (χ4n) is 1.47. The molecule has 0 radical (unpaired) electrons. The van der Waals surface area contributed by atoms with E-state index in [0.717, 1.165) is 5.56 Å². The molecule has 0 spiro atoms. The van der Waals surface area contributed by atoms with Gasteiger partial charge in [-0.15, -0.1) is 0 Å². The van der Waals surface area contributed by atoms with E-state index in [4.69, 9.17) is 0 Å². The molecule has 0 heterocycles. The molecule has 0 aliphatic rings. The largest absolute Gasteiger partial charge is 0.507 e. The molecule has 2 aromatic carbocycles. The molecular formula is C11H9BrO2. The van der Waals surface area contributed by atoms with Crippen molar-refractivity contribution in [3.63, 3.8) is 0 Å². The maximum Gasteiger partial charge on any atom is 0.137 e. The van der Waals surface area contributed by atoms with Crippen LogP contribution in [0, 0.1) is 6.92 Å². The van der Waals surface area contributed by atoms with E-state index in [2.05, 4.69) is 15.9 Å². The van der Waals surface area contributed by atoms with Crippen molar-refractivity contribution in [1.82, 2.24) is 0 Å². The maximum atomic E-state index is 9.72. The lowest BCUT2D eigenvalue weighted by molar-refractivity contribution is 0.466. The average molecular weight is 253 g/mol. The molecule has 14 heavy (non-hydrogen) atoms. The van der Waals surface area contributed by atoms with E-state index in [-0.39, 0.29) is 11.5 Å². The van der Waals surface area contributed by atoms with Crippen molar-refractivity contribution in [2.45, 2.75) is 6.92 Å². The first-order valence-electron chi connectivity index (χ1n) is 4.20. The van der Waals surface area contributed by atoms with Crippen LogP contribution in [0.5, 0.6) is 11.5 Å². The van der Waals surface area contributed by atoms with Gasteiger partial charge in [-0.05, 0) is 35.0 Å². The Morgan fingerprint density at radius 2 is 1.79 bits per heavy atom. The van der Waals surface area contributed by atoms with E-state index in [1.165, 1.54) is 6.07 Å². The van der Waals surface area contributed by atoms with Crippen molar-refractivity contribution in [1.29, 1.82) is 0 Å². The summed E-state index contributed by atoms with van der Waals surface area (Å²) in [6.07, 6.45) is 0. The fraction of sp³-hybridized carbons (Fsp3) is 0.0909. The highest BCUT2D eigenvalue weighted by Crippen LogP contribution is 2.38. The number of aryl methyl sites for hydroxylation is 1. The van der Waals surface area contributed by atoms with Crippen molar-refractivity contribution in [2.75, 3.05) is 0 Å². The SMILES string of the molecule is Cc1ccc2c(O)c(Br)cc(O)c2c1. The van der Waals surface area contributed by atoms with Crippen molar-refractivity contribution in [2.24, 2.45) is 0 Å². The lowest BCUT2D eigenvalue weighted by atomic mass is 10.1. The number of aromatic hydroxyl groups is 2. The molecule has 2 rings (SSSR count). The van der Waals surface area contributed by atoms with Gasteiger partial charge in [0.15, 0.2) is 0 Å². The molecule has 0 amide bonds. The van der Waals surface area contributed by atoms with E-state index in [1.54, 1.807) is 6.07 Å². The smallest absolute Gasteiger partial charge is 0.137 e. The Kier molecular flexibility index (Phi) is 2.11. The standard InChI is InChI=1S/C11H9BrO2/c1-6-2-3-7-8(4-6)10(13)5-9(12)11(7)14/h2-5,13-14H,1H3. The lowest BCUT2D eigenvalue weighted by Crippen LogP contribution is -1.79. The highest BCUT2D eigenvalue weighted by Gasteiger charge is 2.08. The Bertz CT molecular complexity index is 506. The average Bonchev–Trinajstić information content (AvgIpc) is 2.14. The van der Waals surface area contributed by atoms with E-state index < -0.39 is 0 Å². The summed E-state index contributed by atoms with van der Waals surface area (Å²) in [5, 5.41) is 20.7. The number of fused-ring (bicyclic) bond motifs is 1. The van der Waals surface area contributed by atoms with E-state index >= 15 is 0 Å². The van der Waals surface area contributed by atoms with Crippen LogP contribution in [0.15, 0.2) is 28.7 Å². The zero-order valence-corrected chi connectivity index (χ0v) is 9.17. The molecule has 0 fully saturated rings. The van der Waals surface area contributed by atoms with E-state index in [0.29, 0.717) is 15.2 Å². The van der Waals surface area contributed by atoms with Gasteiger partial charge in [0.1, 0.15) is 11.5 Å². The van der Waals surface area contributed by atoms with Gasteiger partial charge in [-0.1, -0.05) is 17.7 Å². The van der Waals surface area contributed by atoms with Crippen LogP contribution in [0.2, 0.25) is 0 Å². The first-order valence-corrected chi connectivity index (χ1v) is 4.99. The third kappa shape index (κ3) is 1.34. The van der Waals surface area contributed by atoms with Gasteiger partial charge in [0, 0.05) is 10.8 Å². The summed E-state index contributed by atoms with van der Waals surface area (Å²) in [5.41, 5.74) is 1.05. The second kappa shape index (κ2) is 3.17. The zero-order valence-electron chi connectivity index (χ0n) is 7.58. The van der Waals surface area contributed by atoms with E-state index in [1.807, 2.05) is 19.1 Å². The minimum Gasteiger partial charge on any atom is -0.507 e. The first-order chi connectivity index (χ1) is 6.59. The minimum atomic E-state index is 0.165. The van der Waals surface area contributed by atoms with Crippen LogP contribution in [0.25, 0.3) is 10.8 Å².